The quantitative estimate of drug-likeness (QED) is 0.920. The van der Waals surface area contributed by atoms with Crippen molar-refractivity contribution in [1.29, 1.82) is 0 Å². The predicted octanol–water partition coefficient (Wildman–Crippen LogP) is 3.08. The van der Waals surface area contributed by atoms with Crippen molar-refractivity contribution >= 4 is 15.9 Å². The van der Waals surface area contributed by atoms with Crippen LogP contribution < -0.4 is 5.32 Å². The van der Waals surface area contributed by atoms with Crippen LogP contribution in [0.5, 0.6) is 0 Å². The number of rotatable bonds is 5. The predicted molar refractivity (Wildman–Crippen MR) is 77.5 cm³/mol. The largest absolute Gasteiger partial charge is 0.336 e. The minimum atomic E-state index is 0.293. The number of imidazole rings is 1. The molecule has 1 heterocycles. The molecule has 0 aliphatic rings. The summed E-state index contributed by atoms with van der Waals surface area (Å²) in [6, 6.07) is 8.65. The summed E-state index contributed by atoms with van der Waals surface area (Å²) in [5, 5.41) is 3.52. The van der Waals surface area contributed by atoms with Gasteiger partial charge in [-0.3, -0.25) is 0 Å². The first-order valence-corrected chi connectivity index (χ1v) is 6.94. The smallest absolute Gasteiger partial charge is 0.0946 e. The lowest BCUT2D eigenvalue weighted by molar-refractivity contribution is 0.520. The second kappa shape index (κ2) is 6.16. The maximum absolute atomic E-state index is 4.20. The zero-order chi connectivity index (χ0) is 13.0. The molecule has 4 heteroatoms. The summed E-state index contributed by atoms with van der Waals surface area (Å²) in [5.74, 6) is 0. The van der Waals surface area contributed by atoms with Crippen LogP contribution in [-0.4, -0.2) is 16.1 Å². The average molecular weight is 308 g/mol. The van der Waals surface area contributed by atoms with E-state index in [4.69, 9.17) is 0 Å². The topological polar surface area (TPSA) is 29.9 Å². The average Bonchev–Trinajstić information content (AvgIpc) is 2.78. The second-order valence-electron chi connectivity index (χ2n) is 4.34. The van der Waals surface area contributed by atoms with Gasteiger partial charge in [0.15, 0.2) is 0 Å². The Labute approximate surface area is 116 Å². The van der Waals surface area contributed by atoms with E-state index in [0.29, 0.717) is 6.04 Å². The van der Waals surface area contributed by atoms with Gasteiger partial charge >= 0.3 is 0 Å². The van der Waals surface area contributed by atoms with Crippen molar-refractivity contribution in [1.82, 2.24) is 14.9 Å². The third-order valence-electron chi connectivity index (χ3n) is 3.04. The Kier molecular flexibility index (Phi) is 4.55. The first-order chi connectivity index (χ1) is 8.72. The highest BCUT2D eigenvalue weighted by Crippen LogP contribution is 2.23. The van der Waals surface area contributed by atoms with Gasteiger partial charge in [-0.1, -0.05) is 41.1 Å². The van der Waals surface area contributed by atoms with Crippen LogP contribution in [0.1, 0.15) is 24.2 Å². The molecule has 0 radical (unpaired) electrons. The first kappa shape index (κ1) is 13.3. The molecule has 0 saturated carbocycles. The zero-order valence-corrected chi connectivity index (χ0v) is 12.3. The number of nitrogens with one attached hydrogen (secondary N) is 1. The van der Waals surface area contributed by atoms with Gasteiger partial charge in [0, 0.05) is 17.7 Å². The van der Waals surface area contributed by atoms with Crippen molar-refractivity contribution in [2.24, 2.45) is 7.05 Å². The number of hydrogen-bond acceptors (Lipinski definition) is 2. The Bertz CT molecular complexity index is 507. The molecule has 3 nitrogen and oxygen atoms in total. The molecule has 0 saturated heterocycles. The summed E-state index contributed by atoms with van der Waals surface area (Å²) >= 11 is 3.61. The molecule has 1 atom stereocenters. The number of aromatic nitrogens is 2. The van der Waals surface area contributed by atoms with Gasteiger partial charge in [-0.25, -0.2) is 4.98 Å². The molecule has 1 aromatic heterocycles. The number of nitrogens with zero attached hydrogens (tertiary/aromatic N) is 2. The van der Waals surface area contributed by atoms with Gasteiger partial charge in [-0.2, -0.15) is 0 Å². The molecule has 0 bridgehead atoms. The van der Waals surface area contributed by atoms with Crippen LogP contribution in [0.2, 0.25) is 0 Å². The van der Waals surface area contributed by atoms with Crippen molar-refractivity contribution < 1.29 is 0 Å². The van der Waals surface area contributed by atoms with E-state index in [1.54, 1.807) is 0 Å². The highest BCUT2D eigenvalue weighted by Gasteiger charge is 2.15. The van der Waals surface area contributed by atoms with E-state index in [-0.39, 0.29) is 0 Å². The fourth-order valence-corrected chi connectivity index (χ4v) is 2.56. The van der Waals surface area contributed by atoms with E-state index in [1.807, 2.05) is 25.6 Å². The van der Waals surface area contributed by atoms with E-state index in [1.165, 1.54) is 11.3 Å². The van der Waals surface area contributed by atoms with Gasteiger partial charge in [-0.15, -0.1) is 0 Å². The Morgan fingerprint density at radius 1 is 1.39 bits per heavy atom. The normalized spacial score (nSPS) is 12.6. The SMILES string of the molecule is CCNC(Cc1ccccc1Br)c1cncn1C. The fraction of sp³-hybridized carbons (Fsp3) is 0.357. The lowest BCUT2D eigenvalue weighted by Gasteiger charge is -2.19. The minimum Gasteiger partial charge on any atom is -0.336 e. The van der Waals surface area contributed by atoms with E-state index < -0.39 is 0 Å². The van der Waals surface area contributed by atoms with E-state index in [9.17, 15) is 0 Å². The Hall–Kier alpha value is -1.13. The molecule has 0 aliphatic carbocycles. The van der Waals surface area contributed by atoms with Crippen LogP contribution in [0.3, 0.4) is 0 Å². The molecule has 1 aromatic carbocycles. The molecule has 1 unspecified atom stereocenters. The number of aryl methyl sites for hydroxylation is 1. The molecular formula is C14H18BrN3. The van der Waals surface area contributed by atoms with E-state index in [0.717, 1.165) is 17.4 Å². The maximum Gasteiger partial charge on any atom is 0.0946 e. The Balaban J connectivity index is 2.22. The third-order valence-corrected chi connectivity index (χ3v) is 3.82. The summed E-state index contributed by atoms with van der Waals surface area (Å²) in [4.78, 5) is 4.20. The molecule has 18 heavy (non-hydrogen) atoms. The van der Waals surface area contributed by atoms with Crippen LogP contribution in [0, 0.1) is 0 Å². The van der Waals surface area contributed by atoms with Crippen LogP contribution in [0.25, 0.3) is 0 Å². The van der Waals surface area contributed by atoms with Crippen LogP contribution in [0.15, 0.2) is 41.3 Å². The molecule has 0 amide bonds. The zero-order valence-electron chi connectivity index (χ0n) is 10.7. The lowest BCUT2D eigenvalue weighted by atomic mass is 10.0. The summed E-state index contributed by atoms with van der Waals surface area (Å²) in [5.41, 5.74) is 2.53. The second-order valence-corrected chi connectivity index (χ2v) is 5.19. The number of benzene rings is 1. The fourth-order valence-electron chi connectivity index (χ4n) is 2.11. The van der Waals surface area contributed by atoms with Gasteiger partial charge in [0.25, 0.3) is 0 Å². The number of likely N-dealkylation sites (N-methyl/N-ethyl adjacent to an activating group) is 1. The van der Waals surface area contributed by atoms with Gasteiger partial charge < -0.3 is 9.88 Å². The molecule has 2 rings (SSSR count). The molecule has 0 aliphatic heterocycles. The van der Waals surface area contributed by atoms with Crippen molar-refractivity contribution in [3.63, 3.8) is 0 Å². The van der Waals surface area contributed by atoms with Gasteiger partial charge in [0.05, 0.1) is 18.1 Å². The van der Waals surface area contributed by atoms with Crippen LogP contribution in [-0.2, 0) is 13.5 Å². The van der Waals surface area contributed by atoms with E-state index >= 15 is 0 Å². The highest BCUT2D eigenvalue weighted by atomic mass is 79.9. The molecule has 1 N–H and O–H groups in total. The van der Waals surface area contributed by atoms with Crippen LogP contribution in [0.4, 0.5) is 0 Å². The van der Waals surface area contributed by atoms with Crippen LogP contribution >= 0.6 is 15.9 Å². The standard InChI is InChI=1S/C14H18BrN3/c1-3-17-13(14-9-16-10-18(14)2)8-11-6-4-5-7-12(11)15/h4-7,9-10,13,17H,3,8H2,1-2H3. The monoisotopic (exact) mass is 307 g/mol. The summed E-state index contributed by atoms with van der Waals surface area (Å²) in [7, 11) is 2.03. The first-order valence-electron chi connectivity index (χ1n) is 6.15. The lowest BCUT2D eigenvalue weighted by Crippen LogP contribution is -2.24. The summed E-state index contributed by atoms with van der Waals surface area (Å²) in [6.45, 7) is 3.07. The van der Waals surface area contributed by atoms with Gasteiger partial charge in [-0.05, 0) is 24.6 Å². The summed E-state index contributed by atoms with van der Waals surface area (Å²) < 4.78 is 3.24. The molecular weight excluding hydrogens is 290 g/mol. The number of halogens is 1. The highest BCUT2D eigenvalue weighted by molar-refractivity contribution is 9.10. The Morgan fingerprint density at radius 2 is 2.17 bits per heavy atom. The molecule has 96 valence electrons. The maximum atomic E-state index is 4.20. The van der Waals surface area contributed by atoms with E-state index in [2.05, 4.69) is 55.9 Å². The van der Waals surface area contributed by atoms with Crippen molar-refractivity contribution in [3.8, 4) is 0 Å². The molecule has 0 fully saturated rings. The summed E-state index contributed by atoms with van der Waals surface area (Å²) in [6.07, 6.45) is 4.73. The minimum absolute atomic E-state index is 0.293. The van der Waals surface area contributed by atoms with Gasteiger partial charge in [0.1, 0.15) is 0 Å². The van der Waals surface area contributed by atoms with Gasteiger partial charge in [0.2, 0.25) is 0 Å². The van der Waals surface area contributed by atoms with Crippen molar-refractivity contribution in [3.05, 3.63) is 52.5 Å². The molecule has 2 aromatic rings. The Morgan fingerprint density at radius 3 is 2.78 bits per heavy atom. The van der Waals surface area contributed by atoms with Crippen molar-refractivity contribution in [2.75, 3.05) is 6.54 Å². The third kappa shape index (κ3) is 3.00. The van der Waals surface area contributed by atoms with Crippen molar-refractivity contribution in [2.45, 2.75) is 19.4 Å². The number of hydrogen-bond donors (Lipinski definition) is 1. The molecule has 0 spiro atoms.